The van der Waals surface area contributed by atoms with Gasteiger partial charge in [0.2, 0.25) is 5.91 Å². The van der Waals surface area contributed by atoms with Gasteiger partial charge in [-0.15, -0.1) is 11.3 Å². The minimum Gasteiger partial charge on any atom is -0.323 e. The Kier molecular flexibility index (Phi) is 6.15. The minimum atomic E-state index is -0.857. The van der Waals surface area contributed by atoms with E-state index in [1.165, 1.54) is 15.9 Å². The molecule has 0 spiro atoms. The van der Waals surface area contributed by atoms with Gasteiger partial charge in [0, 0.05) is 10.9 Å². The fourth-order valence-electron chi connectivity index (χ4n) is 2.99. The van der Waals surface area contributed by atoms with Gasteiger partial charge >= 0.3 is 0 Å². The van der Waals surface area contributed by atoms with E-state index in [9.17, 15) is 18.4 Å². The predicted octanol–water partition coefficient (Wildman–Crippen LogP) is 5.02. The van der Waals surface area contributed by atoms with E-state index in [4.69, 9.17) is 0 Å². The monoisotopic (exact) mass is 457 g/mol. The standard InChI is InChI=1S/C22H17F2N3O2S2/c1-2-15-11-16-20(31-15)26-22(27(21(16)29)14-6-4-3-5-7-14)30-12-19(28)25-18-9-8-13(23)10-17(18)24/h3-11H,2,12H2,1H3,(H,25,28). The summed E-state index contributed by atoms with van der Waals surface area (Å²) in [5.74, 6) is -2.18. The van der Waals surface area contributed by atoms with Gasteiger partial charge in [0.05, 0.1) is 22.5 Å². The van der Waals surface area contributed by atoms with Crippen molar-refractivity contribution in [2.45, 2.75) is 18.5 Å². The lowest BCUT2D eigenvalue weighted by molar-refractivity contribution is -0.113. The van der Waals surface area contributed by atoms with Crippen molar-refractivity contribution in [1.29, 1.82) is 0 Å². The zero-order chi connectivity index (χ0) is 22.0. The van der Waals surface area contributed by atoms with Crippen molar-refractivity contribution in [1.82, 2.24) is 9.55 Å². The van der Waals surface area contributed by atoms with Gasteiger partial charge in [0.15, 0.2) is 5.16 Å². The quantitative estimate of drug-likeness (QED) is 0.326. The van der Waals surface area contributed by atoms with Gasteiger partial charge < -0.3 is 5.32 Å². The highest BCUT2D eigenvalue weighted by Gasteiger charge is 2.17. The van der Waals surface area contributed by atoms with Crippen LogP contribution in [0, 0.1) is 11.6 Å². The van der Waals surface area contributed by atoms with Crippen LogP contribution in [0.25, 0.3) is 15.9 Å². The molecule has 0 aliphatic rings. The summed E-state index contributed by atoms with van der Waals surface area (Å²) in [6.45, 7) is 2.01. The second-order valence-electron chi connectivity index (χ2n) is 6.62. The number of fused-ring (bicyclic) bond motifs is 1. The molecule has 158 valence electrons. The molecule has 1 amide bonds. The van der Waals surface area contributed by atoms with Crippen LogP contribution in [-0.2, 0) is 11.2 Å². The Balaban J connectivity index is 1.66. The lowest BCUT2D eigenvalue weighted by Crippen LogP contribution is -2.22. The summed E-state index contributed by atoms with van der Waals surface area (Å²) in [5.41, 5.74) is 0.319. The van der Waals surface area contributed by atoms with E-state index in [0.717, 1.165) is 35.2 Å². The number of thioether (sulfide) groups is 1. The number of nitrogens with zero attached hydrogens (tertiary/aromatic N) is 2. The molecular formula is C22H17F2N3O2S2. The molecule has 0 saturated carbocycles. The predicted molar refractivity (Wildman–Crippen MR) is 120 cm³/mol. The summed E-state index contributed by atoms with van der Waals surface area (Å²) < 4.78 is 28.3. The minimum absolute atomic E-state index is 0.104. The summed E-state index contributed by atoms with van der Waals surface area (Å²) in [6.07, 6.45) is 0.792. The highest BCUT2D eigenvalue weighted by Crippen LogP contribution is 2.27. The van der Waals surface area contributed by atoms with Gasteiger partial charge in [-0.2, -0.15) is 0 Å². The number of aromatic nitrogens is 2. The van der Waals surface area contributed by atoms with E-state index < -0.39 is 17.5 Å². The molecule has 31 heavy (non-hydrogen) atoms. The number of rotatable bonds is 6. The smallest absolute Gasteiger partial charge is 0.267 e. The number of aryl methyl sites for hydroxylation is 1. The fraction of sp³-hybridized carbons (Fsp3) is 0.136. The number of carbonyl (C=O) groups is 1. The molecule has 0 saturated heterocycles. The molecule has 0 aliphatic carbocycles. The van der Waals surface area contributed by atoms with Crippen LogP contribution in [0.5, 0.6) is 0 Å². The van der Waals surface area contributed by atoms with Gasteiger partial charge in [0.1, 0.15) is 16.5 Å². The lowest BCUT2D eigenvalue weighted by Gasteiger charge is -2.12. The van der Waals surface area contributed by atoms with E-state index in [2.05, 4.69) is 10.3 Å². The van der Waals surface area contributed by atoms with Gasteiger partial charge in [-0.3, -0.25) is 14.2 Å². The second kappa shape index (κ2) is 8.99. The number of hydrogen-bond donors (Lipinski definition) is 1. The lowest BCUT2D eigenvalue weighted by atomic mass is 10.3. The van der Waals surface area contributed by atoms with Gasteiger partial charge in [-0.1, -0.05) is 36.9 Å². The molecule has 4 rings (SSSR count). The maximum atomic E-state index is 13.8. The Morgan fingerprint density at radius 3 is 2.65 bits per heavy atom. The van der Waals surface area contributed by atoms with Crippen LogP contribution in [0.15, 0.2) is 64.5 Å². The maximum Gasteiger partial charge on any atom is 0.267 e. The number of carbonyl (C=O) groups excluding carboxylic acids is 1. The first-order valence-electron chi connectivity index (χ1n) is 9.45. The number of halogens is 2. The average molecular weight is 458 g/mol. The number of amides is 1. The van der Waals surface area contributed by atoms with Gasteiger partial charge in [-0.25, -0.2) is 13.8 Å². The van der Waals surface area contributed by atoms with Crippen molar-refractivity contribution in [2.24, 2.45) is 0 Å². The third-order valence-electron chi connectivity index (χ3n) is 4.49. The molecule has 0 radical (unpaired) electrons. The largest absolute Gasteiger partial charge is 0.323 e. The molecular weight excluding hydrogens is 440 g/mol. The first kappa shape index (κ1) is 21.2. The molecule has 0 aliphatic heterocycles. The summed E-state index contributed by atoms with van der Waals surface area (Å²) in [7, 11) is 0. The molecule has 1 N–H and O–H groups in total. The fourth-order valence-corrected chi connectivity index (χ4v) is 4.82. The molecule has 9 heteroatoms. The normalized spacial score (nSPS) is 11.1. The zero-order valence-corrected chi connectivity index (χ0v) is 18.0. The summed E-state index contributed by atoms with van der Waals surface area (Å²) in [4.78, 5) is 31.9. The summed E-state index contributed by atoms with van der Waals surface area (Å²) in [5, 5.41) is 3.32. The van der Waals surface area contributed by atoms with Crippen molar-refractivity contribution >= 4 is 44.9 Å². The highest BCUT2D eigenvalue weighted by molar-refractivity contribution is 7.99. The van der Waals surface area contributed by atoms with E-state index in [0.29, 0.717) is 27.1 Å². The van der Waals surface area contributed by atoms with Crippen LogP contribution >= 0.6 is 23.1 Å². The average Bonchev–Trinajstić information content (AvgIpc) is 3.19. The van der Waals surface area contributed by atoms with Crippen LogP contribution in [0.2, 0.25) is 0 Å². The van der Waals surface area contributed by atoms with Crippen LogP contribution in [0.4, 0.5) is 14.5 Å². The molecule has 0 bridgehead atoms. The van der Waals surface area contributed by atoms with E-state index in [-0.39, 0.29) is 17.0 Å². The topological polar surface area (TPSA) is 64.0 Å². The molecule has 0 fully saturated rings. The maximum absolute atomic E-state index is 13.8. The number of thiophene rings is 1. The second-order valence-corrected chi connectivity index (χ2v) is 8.67. The van der Waals surface area contributed by atoms with Crippen LogP contribution in [-0.4, -0.2) is 21.2 Å². The van der Waals surface area contributed by atoms with Gasteiger partial charge in [0.25, 0.3) is 5.56 Å². The zero-order valence-electron chi connectivity index (χ0n) is 16.4. The van der Waals surface area contributed by atoms with Crippen LogP contribution in [0.3, 0.4) is 0 Å². The van der Waals surface area contributed by atoms with Crippen molar-refractivity contribution in [3.05, 3.63) is 81.5 Å². The van der Waals surface area contributed by atoms with Crippen molar-refractivity contribution in [2.75, 3.05) is 11.1 Å². The third kappa shape index (κ3) is 4.52. The first-order chi connectivity index (χ1) is 15.0. The SMILES string of the molecule is CCc1cc2c(=O)n(-c3ccccc3)c(SCC(=O)Nc3ccc(F)cc3F)nc2s1. The van der Waals surface area contributed by atoms with Crippen molar-refractivity contribution in [3.8, 4) is 5.69 Å². The van der Waals surface area contributed by atoms with Crippen LogP contribution in [0.1, 0.15) is 11.8 Å². The van der Waals surface area contributed by atoms with Gasteiger partial charge in [-0.05, 0) is 36.8 Å². The van der Waals surface area contributed by atoms with Crippen LogP contribution < -0.4 is 10.9 Å². The molecule has 4 aromatic rings. The molecule has 5 nitrogen and oxygen atoms in total. The molecule has 2 heterocycles. The van der Waals surface area contributed by atoms with Crippen molar-refractivity contribution in [3.63, 3.8) is 0 Å². The molecule has 0 atom stereocenters. The molecule has 2 aromatic heterocycles. The van der Waals surface area contributed by atoms with E-state index in [1.54, 1.807) is 12.1 Å². The first-order valence-corrected chi connectivity index (χ1v) is 11.2. The third-order valence-corrected chi connectivity index (χ3v) is 6.60. The summed E-state index contributed by atoms with van der Waals surface area (Å²) >= 11 is 2.52. The number of nitrogens with one attached hydrogen (secondary N) is 1. The number of anilines is 1. The molecule has 0 unspecified atom stereocenters. The van der Waals surface area contributed by atoms with Crippen molar-refractivity contribution < 1.29 is 13.6 Å². The Morgan fingerprint density at radius 2 is 1.94 bits per heavy atom. The van der Waals surface area contributed by atoms with E-state index in [1.807, 2.05) is 31.2 Å². The number of hydrogen-bond acceptors (Lipinski definition) is 5. The molecule has 2 aromatic carbocycles. The Labute approximate surface area is 184 Å². The van der Waals surface area contributed by atoms with E-state index >= 15 is 0 Å². The summed E-state index contributed by atoms with van der Waals surface area (Å²) in [6, 6.07) is 13.8. The highest BCUT2D eigenvalue weighted by atomic mass is 32.2. The number of benzene rings is 2. The Morgan fingerprint density at radius 1 is 1.16 bits per heavy atom. The Bertz CT molecular complexity index is 1320. The number of para-hydroxylation sites is 1. The Hall–Kier alpha value is -3.04.